The molecule has 2 atom stereocenters. The molecule has 4 aromatic rings. The lowest BCUT2D eigenvalue weighted by Crippen LogP contribution is -2.32. The Balaban J connectivity index is 1.46. The number of ether oxygens (including phenoxy) is 4. The Kier molecular flexibility index (Phi) is 9.64. The van der Waals surface area contributed by atoms with Crippen molar-refractivity contribution in [3.8, 4) is 17.2 Å². The molecule has 0 unspecified atom stereocenters. The summed E-state index contributed by atoms with van der Waals surface area (Å²) in [6, 6.07) is 8.97. The third-order valence-corrected chi connectivity index (χ3v) is 9.52. The number of aryl methyl sites for hydroxylation is 1. The standard InChI is InChI=1S/C31H36FN5O6S/c1-21-13-30(26(32)15-28(21)43-27-8-6-5-7-25(27)23-16-35-36(17-23)20-40-2)44(38,39)37(31-11-12-33-19-34-31)18-22-9-10-24(41-3)14-29(22)42-4/h9-17,19,25,27H,5-8,18,20H2,1-4H3/t25-,27+/m0/s1. The van der Waals surface area contributed by atoms with Crippen molar-refractivity contribution in [1.82, 2.24) is 19.7 Å². The van der Waals surface area contributed by atoms with E-state index in [4.69, 9.17) is 18.9 Å². The second kappa shape index (κ2) is 13.6. The number of sulfonamides is 1. The van der Waals surface area contributed by atoms with Crippen LogP contribution in [0.5, 0.6) is 17.2 Å². The molecule has 2 aromatic heterocycles. The van der Waals surface area contributed by atoms with Gasteiger partial charge in [-0.25, -0.2) is 31.8 Å². The normalized spacial score (nSPS) is 16.8. The summed E-state index contributed by atoms with van der Waals surface area (Å²) >= 11 is 0. The summed E-state index contributed by atoms with van der Waals surface area (Å²) in [6.45, 7) is 1.88. The average Bonchev–Trinajstić information content (AvgIpc) is 3.50. The van der Waals surface area contributed by atoms with Crippen molar-refractivity contribution in [2.45, 2.75) is 62.8 Å². The Labute approximate surface area is 256 Å². The highest BCUT2D eigenvalue weighted by atomic mass is 32.2. The zero-order chi connectivity index (χ0) is 31.3. The van der Waals surface area contributed by atoms with E-state index in [1.54, 1.807) is 36.9 Å². The highest BCUT2D eigenvalue weighted by Crippen LogP contribution is 2.38. The fourth-order valence-corrected chi connectivity index (χ4v) is 7.03. The SMILES string of the molecule is COCn1cc([C@@H]2CCCC[C@H]2Oc2cc(F)c(S(=O)(=O)N(Cc3ccc(OC)cc3OC)c3ccncn3)cc2C)cn1. The molecule has 1 saturated carbocycles. The quantitative estimate of drug-likeness (QED) is 0.208. The first-order valence-electron chi connectivity index (χ1n) is 14.2. The molecule has 0 saturated heterocycles. The second-order valence-corrected chi connectivity index (χ2v) is 12.4. The lowest BCUT2D eigenvalue weighted by Gasteiger charge is -2.32. The van der Waals surface area contributed by atoms with E-state index < -0.39 is 20.7 Å². The number of rotatable bonds is 12. The number of benzene rings is 2. The molecule has 13 heteroatoms. The molecule has 2 heterocycles. The van der Waals surface area contributed by atoms with Gasteiger partial charge in [-0.05, 0) is 55.5 Å². The topological polar surface area (TPSA) is 118 Å². The maximum atomic E-state index is 15.9. The number of aromatic nitrogens is 4. The van der Waals surface area contributed by atoms with Crippen molar-refractivity contribution in [1.29, 1.82) is 0 Å². The van der Waals surface area contributed by atoms with E-state index in [0.29, 0.717) is 35.1 Å². The van der Waals surface area contributed by atoms with Gasteiger partial charge in [0.05, 0.1) is 27.0 Å². The second-order valence-electron chi connectivity index (χ2n) is 10.6. The molecule has 0 spiro atoms. The molecule has 1 aliphatic rings. The predicted molar refractivity (Wildman–Crippen MR) is 161 cm³/mol. The van der Waals surface area contributed by atoms with E-state index in [9.17, 15) is 8.42 Å². The summed E-state index contributed by atoms with van der Waals surface area (Å²) in [6.07, 6.45) is 9.91. The highest BCUT2D eigenvalue weighted by Gasteiger charge is 2.33. The smallest absolute Gasteiger partial charge is 0.268 e. The van der Waals surface area contributed by atoms with Gasteiger partial charge in [-0.3, -0.25) is 0 Å². The minimum atomic E-state index is -4.45. The Morgan fingerprint density at radius 1 is 1.05 bits per heavy atom. The maximum Gasteiger partial charge on any atom is 0.268 e. The van der Waals surface area contributed by atoms with Crippen molar-refractivity contribution in [2.75, 3.05) is 25.6 Å². The number of anilines is 1. The Hall–Kier alpha value is -4.23. The minimum Gasteiger partial charge on any atom is -0.497 e. The third-order valence-electron chi connectivity index (χ3n) is 7.75. The van der Waals surface area contributed by atoms with Crippen LogP contribution in [-0.2, 0) is 28.0 Å². The van der Waals surface area contributed by atoms with Gasteiger partial charge in [0.25, 0.3) is 10.0 Å². The van der Waals surface area contributed by atoms with E-state index in [1.807, 2.05) is 12.4 Å². The number of nitrogens with zero attached hydrogens (tertiary/aromatic N) is 5. The third kappa shape index (κ3) is 6.63. The van der Waals surface area contributed by atoms with Crippen LogP contribution in [0, 0.1) is 12.7 Å². The zero-order valence-corrected chi connectivity index (χ0v) is 26.0. The van der Waals surface area contributed by atoms with Gasteiger partial charge in [0, 0.05) is 49.2 Å². The minimum absolute atomic E-state index is 0.0629. The number of halogens is 1. The van der Waals surface area contributed by atoms with Crippen LogP contribution < -0.4 is 18.5 Å². The summed E-state index contributed by atoms with van der Waals surface area (Å²) < 4.78 is 69.2. The predicted octanol–water partition coefficient (Wildman–Crippen LogP) is 5.24. The van der Waals surface area contributed by atoms with Crippen LogP contribution in [0.25, 0.3) is 0 Å². The van der Waals surface area contributed by atoms with Gasteiger partial charge in [-0.2, -0.15) is 5.10 Å². The van der Waals surface area contributed by atoms with E-state index in [2.05, 4.69) is 15.1 Å². The van der Waals surface area contributed by atoms with Gasteiger partial charge in [0.1, 0.15) is 52.9 Å². The van der Waals surface area contributed by atoms with Crippen LogP contribution in [0.15, 0.2) is 66.2 Å². The molecule has 5 rings (SSSR count). The molecule has 44 heavy (non-hydrogen) atoms. The average molecular weight is 626 g/mol. The van der Waals surface area contributed by atoms with Crippen molar-refractivity contribution in [3.63, 3.8) is 0 Å². The monoisotopic (exact) mass is 625 g/mol. The first kappa shape index (κ1) is 31.2. The van der Waals surface area contributed by atoms with Crippen LogP contribution >= 0.6 is 0 Å². The largest absolute Gasteiger partial charge is 0.497 e. The molecule has 2 aromatic carbocycles. The van der Waals surface area contributed by atoms with Gasteiger partial charge < -0.3 is 18.9 Å². The van der Waals surface area contributed by atoms with Gasteiger partial charge >= 0.3 is 0 Å². The fraction of sp³-hybridized carbons (Fsp3) is 0.387. The first-order valence-corrected chi connectivity index (χ1v) is 15.7. The molecule has 11 nitrogen and oxygen atoms in total. The first-order chi connectivity index (χ1) is 21.2. The molecular weight excluding hydrogens is 589 g/mol. The summed E-state index contributed by atoms with van der Waals surface area (Å²) in [5.41, 5.74) is 2.05. The molecule has 234 valence electrons. The molecule has 0 aliphatic heterocycles. The molecular formula is C31H36FN5O6S. The number of hydrogen-bond donors (Lipinski definition) is 0. The highest BCUT2D eigenvalue weighted by molar-refractivity contribution is 7.92. The van der Waals surface area contributed by atoms with Crippen LogP contribution in [0.4, 0.5) is 10.2 Å². The molecule has 1 aliphatic carbocycles. The van der Waals surface area contributed by atoms with E-state index >= 15 is 4.39 Å². The van der Waals surface area contributed by atoms with Crippen molar-refractivity contribution in [2.24, 2.45) is 0 Å². The van der Waals surface area contributed by atoms with Crippen LogP contribution in [0.1, 0.15) is 48.3 Å². The van der Waals surface area contributed by atoms with Crippen molar-refractivity contribution >= 4 is 15.8 Å². The lowest BCUT2D eigenvalue weighted by atomic mass is 9.83. The molecule has 0 amide bonds. The summed E-state index contributed by atoms with van der Waals surface area (Å²) in [5.74, 6) is 0.471. The van der Waals surface area contributed by atoms with Crippen LogP contribution in [0.2, 0.25) is 0 Å². The number of hydrogen-bond acceptors (Lipinski definition) is 9. The Morgan fingerprint density at radius 3 is 2.59 bits per heavy atom. The van der Waals surface area contributed by atoms with Gasteiger partial charge in [0.15, 0.2) is 0 Å². The van der Waals surface area contributed by atoms with Crippen molar-refractivity contribution < 1.29 is 31.8 Å². The van der Waals surface area contributed by atoms with Crippen molar-refractivity contribution in [3.05, 3.63) is 83.8 Å². The lowest BCUT2D eigenvalue weighted by molar-refractivity contribution is 0.119. The summed E-state index contributed by atoms with van der Waals surface area (Å²) in [4.78, 5) is 7.58. The fourth-order valence-electron chi connectivity index (χ4n) is 5.49. The van der Waals surface area contributed by atoms with E-state index in [1.165, 1.54) is 38.9 Å². The van der Waals surface area contributed by atoms with Gasteiger partial charge in [0.2, 0.25) is 0 Å². The molecule has 0 radical (unpaired) electrons. The molecule has 0 N–H and O–H groups in total. The summed E-state index contributed by atoms with van der Waals surface area (Å²) in [5, 5.41) is 4.37. The number of methoxy groups -OCH3 is 3. The van der Waals surface area contributed by atoms with Gasteiger partial charge in [-0.1, -0.05) is 6.42 Å². The maximum absolute atomic E-state index is 15.9. The molecule has 1 fully saturated rings. The van der Waals surface area contributed by atoms with E-state index in [-0.39, 0.29) is 24.4 Å². The van der Waals surface area contributed by atoms with E-state index in [0.717, 1.165) is 41.6 Å². The Morgan fingerprint density at radius 2 is 1.86 bits per heavy atom. The summed E-state index contributed by atoms with van der Waals surface area (Å²) in [7, 11) is 0.161. The zero-order valence-electron chi connectivity index (χ0n) is 25.1. The van der Waals surface area contributed by atoms with Crippen LogP contribution in [0.3, 0.4) is 0 Å². The van der Waals surface area contributed by atoms with Crippen LogP contribution in [-0.4, -0.2) is 55.6 Å². The molecule has 0 bridgehead atoms. The Bertz CT molecular complexity index is 1680. The van der Waals surface area contributed by atoms with Gasteiger partial charge in [-0.15, -0.1) is 0 Å².